The number of nitrogens with zero attached hydrogens (tertiary/aromatic N) is 2. The highest BCUT2D eigenvalue weighted by atomic mass is 32.2. The molecule has 3 aromatic rings. The number of hydrogen-bond acceptors (Lipinski definition) is 6. The maximum absolute atomic E-state index is 14.3. The van der Waals surface area contributed by atoms with Crippen LogP contribution in [-0.2, 0) is 26.0 Å². The molecule has 2 amide bonds. The largest absolute Gasteiger partial charge is 0.493 e. The molecular weight excluding hydrogens is 578 g/mol. The predicted molar refractivity (Wildman–Crippen MR) is 174 cm³/mol. The van der Waals surface area contributed by atoms with Crippen LogP contribution in [-0.4, -0.2) is 65.0 Å². The second-order valence-electron chi connectivity index (χ2n) is 11.3. The van der Waals surface area contributed by atoms with Crippen molar-refractivity contribution < 1.29 is 27.5 Å². The molecule has 0 aromatic heterocycles. The highest BCUT2D eigenvalue weighted by Gasteiger charge is 2.34. The number of sulfonamides is 1. The third kappa shape index (κ3) is 8.75. The molecule has 1 atom stereocenters. The molecule has 1 unspecified atom stereocenters. The first-order valence-corrected chi connectivity index (χ1v) is 16.3. The smallest absolute Gasteiger partial charge is 0.264 e. The lowest BCUT2D eigenvalue weighted by Gasteiger charge is -2.33. The van der Waals surface area contributed by atoms with Gasteiger partial charge in [-0.25, -0.2) is 8.42 Å². The summed E-state index contributed by atoms with van der Waals surface area (Å²) in [7, 11) is -1.37. The summed E-state index contributed by atoms with van der Waals surface area (Å²) < 4.78 is 40.4. The molecule has 10 heteroatoms. The van der Waals surface area contributed by atoms with Crippen LogP contribution >= 0.6 is 0 Å². The van der Waals surface area contributed by atoms with Crippen LogP contribution in [0.4, 0.5) is 5.69 Å². The number of hydrogen-bond donors (Lipinski definition) is 1. The number of nitrogens with one attached hydrogen (secondary N) is 1. The average Bonchev–Trinajstić information content (AvgIpc) is 3.00. The van der Waals surface area contributed by atoms with Crippen molar-refractivity contribution in [2.75, 3.05) is 38.2 Å². The third-order valence-corrected chi connectivity index (χ3v) is 9.04. The Bertz CT molecular complexity index is 1500. The summed E-state index contributed by atoms with van der Waals surface area (Å²) in [5.41, 5.74) is 3.05. The monoisotopic (exact) mass is 623 g/mol. The van der Waals surface area contributed by atoms with Gasteiger partial charge in [-0.1, -0.05) is 57.2 Å². The topological polar surface area (TPSA) is 105 Å². The van der Waals surface area contributed by atoms with E-state index in [4.69, 9.17) is 9.47 Å². The van der Waals surface area contributed by atoms with Gasteiger partial charge in [0.1, 0.15) is 12.6 Å². The molecular formula is C34H45N3O6S. The fourth-order valence-corrected chi connectivity index (χ4v) is 6.46. The van der Waals surface area contributed by atoms with E-state index in [1.165, 1.54) is 37.3 Å². The Kier molecular flexibility index (Phi) is 12.2. The molecule has 0 saturated carbocycles. The van der Waals surface area contributed by atoms with Gasteiger partial charge in [0, 0.05) is 19.2 Å². The fourth-order valence-electron chi connectivity index (χ4n) is 5.05. The molecule has 3 aromatic carbocycles. The first-order valence-electron chi connectivity index (χ1n) is 14.8. The van der Waals surface area contributed by atoms with E-state index in [0.717, 1.165) is 21.0 Å². The van der Waals surface area contributed by atoms with Gasteiger partial charge in [-0.05, 0) is 73.6 Å². The standard InChI is InChI=1S/C34H45N3O6S/c1-8-30(34(39)35-22-24(2)3)36(17-16-27-12-10-9-11-13-27)33(38)23-37(28-19-25(4)18-26(5)20-28)44(40,41)29-14-15-31(42-6)32(21-29)43-7/h9-15,18-21,24,30H,8,16-17,22-23H2,1-7H3,(H,35,39). The zero-order valence-corrected chi connectivity index (χ0v) is 27.6. The molecule has 0 spiro atoms. The summed E-state index contributed by atoms with van der Waals surface area (Å²) in [6.45, 7) is 9.81. The van der Waals surface area contributed by atoms with Crippen molar-refractivity contribution in [2.24, 2.45) is 5.92 Å². The highest BCUT2D eigenvalue weighted by Crippen LogP contribution is 2.33. The Labute approximate surface area is 262 Å². The summed E-state index contributed by atoms with van der Waals surface area (Å²) in [5, 5.41) is 2.96. The Balaban J connectivity index is 2.08. The number of carbonyl (C=O) groups excluding carboxylic acids is 2. The van der Waals surface area contributed by atoms with Gasteiger partial charge in [0.05, 0.1) is 24.8 Å². The maximum Gasteiger partial charge on any atom is 0.264 e. The van der Waals surface area contributed by atoms with Crippen molar-refractivity contribution in [3.8, 4) is 11.5 Å². The minimum Gasteiger partial charge on any atom is -0.493 e. The number of benzene rings is 3. The molecule has 0 fully saturated rings. The van der Waals surface area contributed by atoms with Crippen molar-refractivity contribution in [2.45, 2.75) is 58.4 Å². The van der Waals surface area contributed by atoms with Crippen molar-refractivity contribution in [1.29, 1.82) is 0 Å². The minimum absolute atomic E-state index is 0.0559. The number of anilines is 1. The van der Waals surface area contributed by atoms with E-state index >= 15 is 0 Å². The Morgan fingerprint density at radius 1 is 0.886 bits per heavy atom. The van der Waals surface area contributed by atoms with Crippen LogP contribution in [0, 0.1) is 19.8 Å². The second kappa shape index (κ2) is 15.6. The molecule has 0 aliphatic rings. The molecule has 3 rings (SSSR count). The number of rotatable bonds is 15. The van der Waals surface area contributed by atoms with Gasteiger partial charge >= 0.3 is 0 Å². The van der Waals surface area contributed by atoms with Crippen LogP contribution in [0.2, 0.25) is 0 Å². The van der Waals surface area contributed by atoms with Gasteiger partial charge in [0.25, 0.3) is 10.0 Å². The Morgan fingerprint density at radius 2 is 1.52 bits per heavy atom. The average molecular weight is 624 g/mol. The van der Waals surface area contributed by atoms with E-state index in [2.05, 4.69) is 5.32 Å². The zero-order valence-electron chi connectivity index (χ0n) is 26.8. The number of carbonyl (C=O) groups is 2. The zero-order chi connectivity index (χ0) is 32.4. The molecule has 0 aliphatic carbocycles. The maximum atomic E-state index is 14.3. The van der Waals surface area contributed by atoms with E-state index in [1.54, 1.807) is 12.1 Å². The molecule has 0 radical (unpaired) electrons. The molecule has 44 heavy (non-hydrogen) atoms. The summed E-state index contributed by atoms with van der Waals surface area (Å²) in [6.07, 6.45) is 0.878. The number of aryl methyl sites for hydroxylation is 2. The lowest BCUT2D eigenvalue weighted by atomic mass is 10.1. The van der Waals surface area contributed by atoms with Crippen LogP contribution in [0.1, 0.15) is 43.9 Å². The summed E-state index contributed by atoms with van der Waals surface area (Å²) >= 11 is 0. The van der Waals surface area contributed by atoms with Gasteiger partial charge in [-0.3, -0.25) is 13.9 Å². The molecule has 9 nitrogen and oxygen atoms in total. The van der Waals surface area contributed by atoms with Crippen LogP contribution in [0.3, 0.4) is 0 Å². The normalized spacial score (nSPS) is 12.0. The van der Waals surface area contributed by atoms with Crippen LogP contribution in [0.5, 0.6) is 11.5 Å². The predicted octanol–water partition coefficient (Wildman–Crippen LogP) is 5.14. The lowest BCUT2D eigenvalue weighted by Crippen LogP contribution is -2.53. The van der Waals surface area contributed by atoms with Gasteiger partial charge < -0.3 is 19.7 Å². The van der Waals surface area contributed by atoms with Gasteiger partial charge in [-0.15, -0.1) is 0 Å². The van der Waals surface area contributed by atoms with Gasteiger partial charge in [0.15, 0.2) is 11.5 Å². The Morgan fingerprint density at radius 3 is 2.09 bits per heavy atom. The number of amides is 2. The van der Waals surface area contributed by atoms with Crippen LogP contribution in [0.15, 0.2) is 71.6 Å². The molecule has 238 valence electrons. The molecule has 0 heterocycles. The van der Waals surface area contributed by atoms with E-state index in [0.29, 0.717) is 30.8 Å². The third-order valence-electron chi connectivity index (χ3n) is 7.27. The van der Waals surface area contributed by atoms with Crippen LogP contribution < -0.4 is 19.1 Å². The van der Waals surface area contributed by atoms with E-state index in [-0.39, 0.29) is 29.0 Å². The first kappa shape index (κ1) is 34.4. The number of ether oxygens (including phenoxy) is 2. The first-order chi connectivity index (χ1) is 20.9. The Hall–Kier alpha value is -4.05. The van der Waals surface area contributed by atoms with Crippen molar-refractivity contribution in [3.05, 3.63) is 83.4 Å². The minimum atomic E-state index is -4.27. The summed E-state index contributed by atoms with van der Waals surface area (Å²) in [5.74, 6) is 0.124. The quantitative estimate of drug-likeness (QED) is 0.252. The molecule has 0 aliphatic heterocycles. The van der Waals surface area contributed by atoms with E-state index in [1.807, 2.05) is 71.0 Å². The SMILES string of the molecule is CCC(C(=O)NCC(C)C)N(CCc1ccccc1)C(=O)CN(c1cc(C)cc(C)c1)S(=O)(=O)c1ccc(OC)c(OC)c1. The number of methoxy groups -OCH3 is 2. The lowest BCUT2D eigenvalue weighted by molar-refractivity contribution is -0.139. The van der Waals surface area contributed by atoms with Gasteiger partial charge in [-0.2, -0.15) is 0 Å². The fraction of sp³-hybridized carbons (Fsp3) is 0.412. The van der Waals surface area contributed by atoms with E-state index < -0.39 is 28.5 Å². The van der Waals surface area contributed by atoms with Gasteiger partial charge in [0.2, 0.25) is 11.8 Å². The van der Waals surface area contributed by atoms with Crippen LogP contribution in [0.25, 0.3) is 0 Å². The molecule has 1 N–H and O–H groups in total. The van der Waals surface area contributed by atoms with E-state index in [9.17, 15) is 18.0 Å². The summed E-state index contributed by atoms with van der Waals surface area (Å²) in [4.78, 5) is 29.1. The second-order valence-corrected chi connectivity index (χ2v) is 13.1. The summed E-state index contributed by atoms with van der Waals surface area (Å²) in [6, 6.07) is 18.7. The van der Waals surface area contributed by atoms with Crippen molar-refractivity contribution >= 4 is 27.5 Å². The highest BCUT2D eigenvalue weighted by molar-refractivity contribution is 7.92. The van der Waals surface area contributed by atoms with Crippen molar-refractivity contribution in [3.63, 3.8) is 0 Å². The molecule has 0 bridgehead atoms. The van der Waals surface area contributed by atoms with Crippen molar-refractivity contribution in [1.82, 2.24) is 10.2 Å². The molecule has 0 saturated heterocycles.